The van der Waals surface area contributed by atoms with Crippen molar-refractivity contribution >= 4 is 40.8 Å². The molecule has 4 heterocycles. The summed E-state index contributed by atoms with van der Waals surface area (Å²) in [5, 5.41) is 5.68. The normalized spacial score (nSPS) is 16.0. The van der Waals surface area contributed by atoms with Gasteiger partial charge in [0.2, 0.25) is 0 Å². The molecule has 2 amide bonds. The van der Waals surface area contributed by atoms with Gasteiger partial charge in [0.05, 0.1) is 43.2 Å². The molecule has 10 nitrogen and oxygen atoms in total. The molecular formula is C25H29N7O3S. The Hall–Kier alpha value is -3.41. The smallest absolute Gasteiger partial charge is 0.323 e. The van der Waals surface area contributed by atoms with Crippen molar-refractivity contribution < 1.29 is 14.3 Å². The second-order valence-electron chi connectivity index (χ2n) is 8.35. The SMILES string of the molecule is CSc1cnc(-c2ccc(NC(=O)Nc3ccc(N4CCOCC4)nc3)cc2)nc1N1CCOCC1. The number of urea groups is 1. The predicted molar refractivity (Wildman–Crippen MR) is 142 cm³/mol. The number of carbonyl (C=O) groups is 1. The Morgan fingerprint density at radius 1 is 0.833 bits per heavy atom. The average Bonchev–Trinajstić information content (AvgIpc) is 2.94. The number of thioether (sulfide) groups is 1. The number of rotatable bonds is 6. The number of morpholine rings is 2. The molecule has 5 rings (SSSR count). The highest BCUT2D eigenvalue weighted by atomic mass is 32.2. The number of benzene rings is 1. The molecule has 0 atom stereocenters. The molecule has 0 radical (unpaired) electrons. The van der Waals surface area contributed by atoms with Crippen LogP contribution in [-0.2, 0) is 9.47 Å². The van der Waals surface area contributed by atoms with E-state index >= 15 is 0 Å². The summed E-state index contributed by atoms with van der Waals surface area (Å²) < 4.78 is 10.9. The van der Waals surface area contributed by atoms with Gasteiger partial charge in [-0.25, -0.2) is 19.7 Å². The summed E-state index contributed by atoms with van der Waals surface area (Å²) in [7, 11) is 0. The van der Waals surface area contributed by atoms with Crippen LogP contribution in [0, 0.1) is 0 Å². The van der Waals surface area contributed by atoms with E-state index in [1.54, 1.807) is 18.0 Å². The minimum Gasteiger partial charge on any atom is -0.378 e. The number of amides is 2. The Morgan fingerprint density at radius 2 is 1.47 bits per heavy atom. The number of nitrogens with zero attached hydrogens (tertiary/aromatic N) is 5. The quantitative estimate of drug-likeness (QED) is 0.485. The van der Waals surface area contributed by atoms with Crippen molar-refractivity contribution in [2.45, 2.75) is 4.90 Å². The molecule has 2 N–H and O–H groups in total. The molecule has 11 heteroatoms. The fourth-order valence-electron chi connectivity index (χ4n) is 4.08. The molecule has 0 saturated carbocycles. The average molecular weight is 508 g/mol. The number of ether oxygens (including phenoxy) is 2. The van der Waals surface area contributed by atoms with Crippen LogP contribution in [0.25, 0.3) is 11.4 Å². The summed E-state index contributed by atoms with van der Waals surface area (Å²) in [6.07, 6.45) is 5.56. The molecule has 2 aliphatic rings. The van der Waals surface area contributed by atoms with Gasteiger partial charge in [-0.3, -0.25) is 0 Å². The van der Waals surface area contributed by atoms with E-state index in [0.717, 1.165) is 48.3 Å². The lowest BCUT2D eigenvalue weighted by Gasteiger charge is -2.29. The van der Waals surface area contributed by atoms with Crippen molar-refractivity contribution in [3.63, 3.8) is 0 Å². The van der Waals surface area contributed by atoms with Crippen LogP contribution in [0.3, 0.4) is 0 Å². The maximum absolute atomic E-state index is 12.5. The molecule has 36 heavy (non-hydrogen) atoms. The Labute approximate surface area is 214 Å². The van der Waals surface area contributed by atoms with Crippen molar-refractivity contribution in [1.82, 2.24) is 15.0 Å². The molecule has 2 aliphatic heterocycles. The van der Waals surface area contributed by atoms with Crippen LogP contribution in [0.4, 0.5) is 27.8 Å². The highest BCUT2D eigenvalue weighted by molar-refractivity contribution is 7.98. The largest absolute Gasteiger partial charge is 0.378 e. The van der Waals surface area contributed by atoms with Gasteiger partial charge in [-0.2, -0.15) is 0 Å². The van der Waals surface area contributed by atoms with Gasteiger partial charge in [0.25, 0.3) is 0 Å². The number of hydrogen-bond donors (Lipinski definition) is 2. The monoisotopic (exact) mass is 507 g/mol. The molecule has 0 spiro atoms. The van der Waals surface area contributed by atoms with Crippen molar-refractivity contribution in [2.75, 3.05) is 79.3 Å². The number of hydrogen-bond acceptors (Lipinski definition) is 9. The van der Waals surface area contributed by atoms with Gasteiger partial charge >= 0.3 is 6.03 Å². The van der Waals surface area contributed by atoms with Crippen LogP contribution in [-0.4, -0.2) is 79.8 Å². The zero-order valence-corrected chi connectivity index (χ0v) is 21.0. The van der Waals surface area contributed by atoms with E-state index in [1.165, 1.54) is 0 Å². The topological polar surface area (TPSA) is 105 Å². The lowest BCUT2D eigenvalue weighted by atomic mass is 10.2. The van der Waals surface area contributed by atoms with E-state index in [4.69, 9.17) is 14.5 Å². The highest BCUT2D eigenvalue weighted by Gasteiger charge is 2.18. The van der Waals surface area contributed by atoms with Crippen LogP contribution in [0.5, 0.6) is 0 Å². The first-order chi connectivity index (χ1) is 17.7. The van der Waals surface area contributed by atoms with Gasteiger partial charge in [-0.1, -0.05) is 0 Å². The molecule has 0 aliphatic carbocycles. The second kappa shape index (κ2) is 11.5. The molecule has 188 valence electrons. The maximum Gasteiger partial charge on any atom is 0.323 e. The lowest BCUT2D eigenvalue weighted by Crippen LogP contribution is -2.37. The third-order valence-corrected chi connectivity index (χ3v) is 6.74. The van der Waals surface area contributed by atoms with Crippen LogP contribution >= 0.6 is 11.8 Å². The van der Waals surface area contributed by atoms with E-state index in [1.807, 2.05) is 48.9 Å². The molecule has 1 aromatic carbocycles. The second-order valence-corrected chi connectivity index (χ2v) is 9.19. The minimum atomic E-state index is -0.334. The molecule has 2 fully saturated rings. The third-order valence-electron chi connectivity index (χ3n) is 6.01. The van der Waals surface area contributed by atoms with Gasteiger partial charge < -0.3 is 29.9 Å². The van der Waals surface area contributed by atoms with Gasteiger partial charge in [0.15, 0.2) is 5.82 Å². The molecular weight excluding hydrogens is 478 g/mol. The first kappa shape index (κ1) is 24.3. The summed E-state index contributed by atoms with van der Waals surface area (Å²) in [5.74, 6) is 2.46. The first-order valence-corrected chi connectivity index (χ1v) is 13.1. The van der Waals surface area contributed by atoms with E-state index in [-0.39, 0.29) is 6.03 Å². The summed E-state index contributed by atoms with van der Waals surface area (Å²) in [5.41, 5.74) is 2.17. The van der Waals surface area contributed by atoms with Gasteiger partial charge in [-0.05, 0) is 42.7 Å². The zero-order chi connectivity index (χ0) is 24.7. The van der Waals surface area contributed by atoms with E-state index < -0.39 is 0 Å². The van der Waals surface area contributed by atoms with E-state index in [0.29, 0.717) is 43.6 Å². The molecule has 0 bridgehead atoms. The van der Waals surface area contributed by atoms with Crippen LogP contribution in [0.15, 0.2) is 53.7 Å². The Kier molecular flexibility index (Phi) is 7.79. The number of pyridine rings is 1. The summed E-state index contributed by atoms with van der Waals surface area (Å²) in [6.45, 7) is 6.06. The van der Waals surface area contributed by atoms with Gasteiger partial charge in [-0.15, -0.1) is 11.8 Å². The summed E-state index contributed by atoms with van der Waals surface area (Å²) in [4.78, 5) is 31.8. The van der Waals surface area contributed by atoms with E-state index in [2.05, 4.69) is 30.4 Å². The molecule has 2 saturated heterocycles. The van der Waals surface area contributed by atoms with E-state index in [9.17, 15) is 4.79 Å². The summed E-state index contributed by atoms with van der Waals surface area (Å²) in [6, 6.07) is 10.9. The lowest BCUT2D eigenvalue weighted by molar-refractivity contribution is 0.122. The highest BCUT2D eigenvalue weighted by Crippen LogP contribution is 2.29. The fourth-order valence-corrected chi connectivity index (χ4v) is 4.60. The van der Waals surface area contributed by atoms with Crippen LogP contribution < -0.4 is 20.4 Å². The van der Waals surface area contributed by atoms with Crippen LogP contribution in [0.2, 0.25) is 0 Å². The summed E-state index contributed by atoms with van der Waals surface area (Å²) >= 11 is 1.64. The number of carbonyl (C=O) groups excluding carboxylic acids is 1. The first-order valence-electron chi connectivity index (χ1n) is 11.9. The van der Waals surface area contributed by atoms with Gasteiger partial charge in [0.1, 0.15) is 11.6 Å². The standard InChI is InChI=1S/C25H29N7O3S/c1-36-21-17-27-23(30-24(21)32-10-14-35-15-11-32)18-2-4-19(5-3-18)28-25(33)29-20-6-7-22(26-16-20)31-8-12-34-13-9-31/h2-7,16-17H,8-15H2,1H3,(H2,28,29,33). The minimum absolute atomic E-state index is 0.334. The number of aromatic nitrogens is 3. The Morgan fingerprint density at radius 3 is 2.11 bits per heavy atom. The Bertz CT molecular complexity index is 1170. The molecule has 3 aromatic rings. The third kappa shape index (κ3) is 5.86. The van der Waals surface area contributed by atoms with Crippen LogP contribution in [0.1, 0.15) is 0 Å². The van der Waals surface area contributed by atoms with Crippen molar-refractivity contribution in [3.8, 4) is 11.4 Å². The van der Waals surface area contributed by atoms with Gasteiger partial charge in [0, 0.05) is 43.6 Å². The van der Waals surface area contributed by atoms with Crippen molar-refractivity contribution in [1.29, 1.82) is 0 Å². The zero-order valence-electron chi connectivity index (χ0n) is 20.1. The Balaban J connectivity index is 1.21. The van der Waals surface area contributed by atoms with Crippen molar-refractivity contribution in [3.05, 3.63) is 48.8 Å². The maximum atomic E-state index is 12.5. The number of anilines is 4. The number of nitrogens with one attached hydrogen (secondary N) is 2. The van der Waals surface area contributed by atoms with Crippen molar-refractivity contribution in [2.24, 2.45) is 0 Å². The molecule has 2 aromatic heterocycles. The fraction of sp³-hybridized carbons (Fsp3) is 0.360. The predicted octanol–water partition coefficient (Wildman–Crippen LogP) is 3.58. The molecule has 0 unspecified atom stereocenters.